The Kier molecular flexibility index (Phi) is 5.15. The van der Waals surface area contributed by atoms with Crippen LogP contribution in [0.15, 0.2) is 0 Å². The van der Waals surface area contributed by atoms with Crippen LogP contribution < -0.4 is 0 Å². The van der Waals surface area contributed by atoms with Gasteiger partial charge in [0.2, 0.25) is 0 Å². The van der Waals surface area contributed by atoms with Gasteiger partial charge >= 0.3 is 5.97 Å². The van der Waals surface area contributed by atoms with Crippen molar-refractivity contribution in [1.82, 2.24) is 0 Å². The summed E-state index contributed by atoms with van der Waals surface area (Å²) in [5, 5.41) is 19.3. The maximum atomic E-state index is 11.0. The van der Waals surface area contributed by atoms with Crippen molar-refractivity contribution in [2.24, 2.45) is 46.3 Å². The van der Waals surface area contributed by atoms with Crippen LogP contribution in [0, 0.1) is 46.3 Å². The molecule has 0 radical (unpaired) electrons. The molecule has 0 aromatic carbocycles. The Hall–Kier alpha value is -0.570. The van der Waals surface area contributed by atoms with Gasteiger partial charge in [0, 0.05) is 6.42 Å². The van der Waals surface area contributed by atoms with Gasteiger partial charge in [0.15, 0.2) is 0 Å². The number of hydrogen-bond acceptors (Lipinski definition) is 2. The van der Waals surface area contributed by atoms with Crippen molar-refractivity contribution in [3.05, 3.63) is 0 Å². The molecule has 0 aromatic rings. The molecule has 0 saturated heterocycles. The number of aliphatic hydroxyl groups is 1. The number of aliphatic hydroxyl groups excluding tert-OH is 1. The number of aliphatic carboxylic acids is 1. The smallest absolute Gasteiger partial charge is 0.303 e. The van der Waals surface area contributed by atoms with Crippen molar-refractivity contribution < 1.29 is 15.0 Å². The van der Waals surface area contributed by atoms with Gasteiger partial charge in [-0.1, -0.05) is 20.8 Å². The van der Waals surface area contributed by atoms with Gasteiger partial charge in [-0.15, -0.1) is 0 Å². The molecular weight excluding hydrogens is 336 g/mol. The van der Waals surface area contributed by atoms with Gasteiger partial charge < -0.3 is 10.2 Å². The zero-order valence-corrected chi connectivity index (χ0v) is 17.6. The molecule has 4 saturated carbocycles. The maximum Gasteiger partial charge on any atom is 0.303 e. The zero-order valence-electron chi connectivity index (χ0n) is 17.6. The van der Waals surface area contributed by atoms with Crippen LogP contribution in [0.5, 0.6) is 0 Å². The second kappa shape index (κ2) is 7.04. The highest BCUT2D eigenvalue weighted by atomic mass is 16.4. The van der Waals surface area contributed by atoms with E-state index in [0.717, 1.165) is 42.9 Å². The summed E-state index contributed by atoms with van der Waals surface area (Å²) in [5.74, 6) is 3.91. The van der Waals surface area contributed by atoms with Gasteiger partial charge in [0.25, 0.3) is 0 Å². The minimum Gasteiger partial charge on any atom is -0.481 e. The SMILES string of the molecule is C[C@H](CCC(=O)O)C1CC[C@H]2C3CC[C@@H]4C[C@H](O)CC[C@]4(C)[C@H]3CC[C@]12C. The molecule has 4 fully saturated rings. The van der Waals surface area contributed by atoms with E-state index in [-0.39, 0.29) is 6.10 Å². The summed E-state index contributed by atoms with van der Waals surface area (Å²) in [6, 6.07) is 0. The van der Waals surface area contributed by atoms with Crippen LogP contribution in [0.3, 0.4) is 0 Å². The summed E-state index contributed by atoms with van der Waals surface area (Å²) < 4.78 is 0. The first-order chi connectivity index (χ1) is 12.8. The summed E-state index contributed by atoms with van der Waals surface area (Å²) in [7, 11) is 0. The lowest BCUT2D eigenvalue weighted by Gasteiger charge is -2.61. The largest absolute Gasteiger partial charge is 0.481 e. The molecule has 0 amide bonds. The van der Waals surface area contributed by atoms with Crippen molar-refractivity contribution in [2.75, 3.05) is 0 Å². The Bertz CT molecular complexity index is 574. The first-order valence-corrected chi connectivity index (χ1v) is 11.7. The van der Waals surface area contributed by atoms with E-state index in [1.165, 1.54) is 44.9 Å². The lowest BCUT2D eigenvalue weighted by Crippen LogP contribution is -2.54. The van der Waals surface area contributed by atoms with Crippen molar-refractivity contribution in [1.29, 1.82) is 0 Å². The lowest BCUT2D eigenvalue weighted by atomic mass is 9.44. The summed E-state index contributed by atoms with van der Waals surface area (Å²) in [5.41, 5.74) is 0.882. The quantitative estimate of drug-likeness (QED) is 0.680. The molecule has 27 heavy (non-hydrogen) atoms. The molecule has 4 aliphatic rings. The summed E-state index contributed by atoms with van der Waals surface area (Å²) >= 11 is 0. The highest BCUT2D eigenvalue weighted by molar-refractivity contribution is 5.66. The minimum absolute atomic E-state index is 0.0561. The van der Waals surface area contributed by atoms with Crippen LogP contribution in [0.1, 0.15) is 91.4 Å². The Labute approximate surface area is 165 Å². The predicted octanol–water partition coefficient (Wildman–Crippen LogP) is 5.51. The van der Waals surface area contributed by atoms with E-state index < -0.39 is 5.97 Å². The molecule has 0 heterocycles. The fourth-order valence-corrected chi connectivity index (χ4v) is 8.76. The fraction of sp³-hybridized carbons (Fsp3) is 0.958. The van der Waals surface area contributed by atoms with Crippen LogP contribution >= 0.6 is 0 Å². The molecule has 2 N–H and O–H groups in total. The molecule has 0 aliphatic heterocycles. The second-order valence-corrected chi connectivity index (χ2v) is 11.2. The van der Waals surface area contributed by atoms with E-state index in [1.807, 2.05) is 0 Å². The topological polar surface area (TPSA) is 57.5 Å². The third-order valence-electron chi connectivity index (χ3n) is 10.2. The second-order valence-electron chi connectivity index (χ2n) is 11.2. The molecule has 154 valence electrons. The average Bonchev–Trinajstić information content (AvgIpc) is 2.97. The highest BCUT2D eigenvalue weighted by Gasteiger charge is 2.60. The molecule has 2 unspecified atom stereocenters. The molecule has 9 atom stereocenters. The van der Waals surface area contributed by atoms with E-state index in [2.05, 4.69) is 20.8 Å². The van der Waals surface area contributed by atoms with Gasteiger partial charge in [0.05, 0.1) is 6.10 Å². The standard InChI is InChI=1S/C24H40O3/c1-15(4-9-22(26)27)19-7-8-20-18-6-5-16-14-17(25)10-12-23(16,2)21(18)11-13-24(19,20)3/h15-21,25H,4-14H2,1-3H3,(H,26,27)/t15-,16-,17-,18?,19?,20+,21+,23+,24-/m1/s1. The van der Waals surface area contributed by atoms with Gasteiger partial charge in [-0.3, -0.25) is 4.79 Å². The summed E-state index contributed by atoms with van der Waals surface area (Å²) in [4.78, 5) is 11.0. The molecule has 0 bridgehead atoms. The Morgan fingerprint density at radius 2 is 1.70 bits per heavy atom. The van der Waals surface area contributed by atoms with E-state index in [9.17, 15) is 9.90 Å². The summed E-state index contributed by atoms with van der Waals surface area (Å²) in [6.45, 7) is 7.43. The van der Waals surface area contributed by atoms with Crippen LogP contribution in [0.25, 0.3) is 0 Å². The van der Waals surface area contributed by atoms with E-state index >= 15 is 0 Å². The number of hydrogen-bond donors (Lipinski definition) is 2. The number of carboxylic acid groups (broad SMARTS) is 1. The average molecular weight is 377 g/mol. The van der Waals surface area contributed by atoms with Gasteiger partial charge in [0.1, 0.15) is 0 Å². The molecule has 4 rings (SSSR count). The van der Waals surface area contributed by atoms with Crippen LogP contribution in [0.4, 0.5) is 0 Å². The predicted molar refractivity (Wildman–Crippen MR) is 107 cm³/mol. The summed E-state index contributed by atoms with van der Waals surface area (Å²) in [6.07, 6.45) is 12.4. The van der Waals surface area contributed by atoms with Crippen LogP contribution in [-0.2, 0) is 4.79 Å². The molecule has 3 nitrogen and oxygen atoms in total. The first-order valence-electron chi connectivity index (χ1n) is 11.7. The van der Waals surface area contributed by atoms with Gasteiger partial charge in [-0.2, -0.15) is 0 Å². The van der Waals surface area contributed by atoms with E-state index in [0.29, 0.717) is 29.1 Å². The molecule has 4 aliphatic carbocycles. The molecule has 0 aromatic heterocycles. The Balaban J connectivity index is 1.51. The molecule has 3 heteroatoms. The zero-order chi connectivity index (χ0) is 19.4. The Morgan fingerprint density at radius 1 is 1.00 bits per heavy atom. The van der Waals surface area contributed by atoms with Crippen molar-refractivity contribution in [2.45, 2.75) is 97.5 Å². The van der Waals surface area contributed by atoms with E-state index in [1.54, 1.807) is 0 Å². The number of carboxylic acids is 1. The van der Waals surface area contributed by atoms with Gasteiger partial charge in [-0.05, 0) is 111 Å². The maximum absolute atomic E-state index is 11.0. The molecule has 0 spiro atoms. The first kappa shape index (κ1) is 19.7. The van der Waals surface area contributed by atoms with Crippen LogP contribution in [-0.4, -0.2) is 22.3 Å². The Morgan fingerprint density at radius 3 is 2.44 bits per heavy atom. The van der Waals surface area contributed by atoms with Crippen molar-refractivity contribution in [3.63, 3.8) is 0 Å². The number of fused-ring (bicyclic) bond motifs is 5. The van der Waals surface area contributed by atoms with Crippen LogP contribution in [0.2, 0.25) is 0 Å². The van der Waals surface area contributed by atoms with Gasteiger partial charge in [-0.25, -0.2) is 0 Å². The lowest BCUT2D eigenvalue weighted by molar-refractivity contribution is -0.138. The fourth-order valence-electron chi connectivity index (χ4n) is 8.76. The minimum atomic E-state index is -0.643. The monoisotopic (exact) mass is 376 g/mol. The third-order valence-corrected chi connectivity index (χ3v) is 10.2. The third kappa shape index (κ3) is 3.16. The highest BCUT2D eigenvalue weighted by Crippen LogP contribution is 2.68. The number of rotatable bonds is 4. The van der Waals surface area contributed by atoms with Crippen molar-refractivity contribution >= 4 is 5.97 Å². The van der Waals surface area contributed by atoms with Crippen molar-refractivity contribution in [3.8, 4) is 0 Å². The number of carbonyl (C=O) groups is 1. The normalized spacial score (nSPS) is 50.4. The van der Waals surface area contributed by atoms with E-state index in [4.69, 9.17) is 5.11 Å². The molecular formula is C24H40O3.